The third kappa shape index (κ3) is 4.20. The molecule has 0 bridgehead atoms. The topological polar surface area (TPSA) is 78.7 Å². The second-order valence-electron chi connectivity index (χ2n) is 3.06. The van der Waals surface area contributed by atoms with Gasteiger partial charge in [-0.3, -0.25) is 10.1 Å². The molecule has 0 N–H and O–H groups in total. The van der Waals surface area contributed by atoms with Crippen molar-refractivity contribution in [2.75, 3.05) is 14.2 Å². The summed E-state index contributed by atoms with van der Waals surface area (Å²) in [7, 11) is 2.58. The monoisotopic (exact) mass is 333 g/mol. The number of carbonyl (C=O) groups is 1. The first-order chi connectivity index (χ1) is 9.04. The van der Waals surface area contributed by atoms with E-state index >= 15 is 0 Å². The van der Waals surface area contributed by atoms with Crippen LogP contribution in [0, 0.1) is 10.1 Å². The molecule has 0 spiro atoms. The summed E-state index contributed by atoms with van der Waals surface area (Å²) in [5.74, 6) is -0.428. The van der Waals surface area contributed by atoms with Crippen LogP contribution in [0.25, 0.3) is 0 Å². The standard InChI is InChI=1S/C10H10BrNO5.C2H6/c1-16-9-3-6(5-11)8(12(14)15)4-7(9)10(13)17-2;1-2/h3-4H,5H2,1-2H3;1-2H3. The predicted octanol–water partition coefficient (Wildman–Crippen LogP) is 3.31. The molecule has 0 fully saturated rings. The van der Waals surface area contributed by atoms with E-state index < -0.39 is 10.9 Å². The van der Waals surface area contributed by atoms with E-state index in [0.717, 1.165) is 6.07 Å². The third-order valence-corrected chi connectivity index (χ3v) is 2.75. The van der Waals surface area contributed by atoms with E-state index in [1.165, 1.54) is 20.3 Å². The van der Waals surface area contributed by atoms with Crippen molar-refractivity contribution in [3.63, 3.8) is 0 Å². The van der Waals surface area contributed by atoms with Crippen molar-refractivity contribution >= 4 is 27.6 Å². The molecule has 0 heterocycles. The van der Waals surface area contributed by atoms with Gasteiger partial charge in [0.2, 0.25) is 0 Å². The van der Waals surface area contributed by atoms with E-state index in [2.05, 4.69) is 20.7 Å². The summed E-state index contributed by atoms with van der Waals surface area (Å²) in [6.07, 6.45) is 0. The van der Waals surface area contributed by atoms with Crippen molar-refractivity contribution in [2.45, 2.75) is 19.2 Å². The SMILES string of the molecule is CC.COC(=O)c1cc([N+](=O)[O-])c(CBr)cc1OC. The molecule has 7 heteroatoms. The van der Waals surface area contributed by atoms with E-state index in [4.69, 9.17) is 4.74 Å². The normalized spacial score (nSPS) is 9.11. The Balaban J connectivity index is 0.00000154. The number of hydrogen-bond donors (Lipinski definition) is 0. The van der Waals surface area contributed by atoms with E-state index in [-0.39, 0.29) is 17.0 Å². The molecule has 0 amide bonds. The molecular formula is C12H16BrNO5. The molecule has 0 atom stereocenters. The summed E-state index contributed by atoms with van der Waals surface area (Å²) in [6.45, 7) is 4.00. The van der Waals surface area contributed by atoms with Crippen LogP contribution in [0.2, 0.25) is 0 Å². The molecule has 0 saturated carbocycles. The molecule has 1 aromatic rings. The number of methoxy groups -OCH3 is 2. The molecule has 1 aromatic carbocycles. The van der Waals surface area contributed by atoms with Crippen molar-refractivity contribution in [3.8, 4) is 5.75 Å². The summed E-state index contributed by atoms with van der Waals surface area (Å²) in [4.78, 5) is 21.7. The molecule has 19 heavy (non-hydrogen) atoms. The van der Waals surface area contributed by atoms with Gasteiger partial charge in [-0.2, -0.15) is 0 Å². The molecule has 106 valence electrons. The van der Waals surface area contributed by atoms with Crippen LogP contribution >= 0.6 is 15.9 Å². The molecule has 0 saturated heterocycles. The Morgan fingerprint density at radius 2 is 1.95 bits per heavy atom. The lowest BCUT2D eigenvalue weighted by Crippen LogP contribution is -2.06. The van der Waals surface area contributed by atoms with Crippen LogP contribution in [0.1, 0.15) is 29.8 Å². The highest BCUT2D eigenvalue weighted by molar-refractivity contribution is 9.08. The number of rotatable bonds is 4. The number of ether oxygens (including phenoxy) is 2. The number of nitro groups is 1. The van der Waals surface area contributed by atoms with Gasteiger partial charge in [-0.15, -0.1) is 0 Å². The van der Waals surface area contributed by atoms with Crippen LogP contribution in [0.3, 0.4) is 0 Å². The second kappa shape index (κ2) is 8.47. The first kappa shape index (κ1) is 17.4. The Morgan fingerprint density at radius 3 is 2.32 bits per heavy atom. The molecule has 0 radical (unpaired) electrons. The number of nitro benzene ring substituents is 1. The average Bonchev–Trinajstić information content (AvgIpc) is 2.46. The highest BCUT2D eigenvalue weighted by Gasteiger charge is 2.22. The molecule has 0 aromatic heterocycles. The van der Waals surface area contributed by atoms with Crippen molar-refractivity contribution in [1.82, 2.24) is 0 Å². The lowest BCUT2D eigenvalue weighted by atomic mass is 10.1. The molecule has 0 aliphatic heterocycles. The number of halogens is 1. The van der Waals surface area contributed by atoms with Gasteiger partial charge < -0.3 is 9.47 Å². The Kier molecular flexibility index (Phi) is 7.74. The molecular weight excluding hydrogens is 318 g/mol. The maximum absolute atomic E-state index is 11.4. The average molecular weight is 334 g/mol. The number of nitrogens with zero attached hydrogens (tertiary/aromatic N) is 1. The van der Waals surface area contributed by atoms with E-state index in [9.17, 15) is 14.9 Å². The van der Waals surface area contributed by atoms with Crippen LogP contribution < -0.4 is 4.74 Å². The van der Waals surface area contributed by atoms with Gasteiger partial charge in [0.25, 0.3) is 5.69 Å². The summed E-state index contributed by atoms with van der Waals surface area (Å²) < 4.78 is 9.54. The summed E-state index contributed by atoms with van der Waals surface area (Å²) in [5, 5.41) is 11.1. The number of esters is 1. The summed E-state index contributed by atoms with van der Waals surface area (Å²) in [5.41, 5.74) is 0.314. The van der Waals surface area contributed by atoms with Crippen LogP contribution in [0.15, 0.2) is 12.1 Å². The van der Waals surface area contributed by atoms with Crippen LogP contribution in [0.5, 0.6) is 5.75 Å². The second-order valence-corrected chi connectivity index (χ2v) is 3.62. The lowest BCUT2D eigenvalue weighted by Gasteiger charge is -2.08. The minimum Gasteiger partial charge on any atom is -0.496 e. The van der Waals surface area contributed by atoms with Gasteiger partial charge in [0.05, 0.1) is 19.1 Å². The smallest absolute Gasteiger partial charge is 0.341 e. The lowest BCUT2D eigenvalue weighted by molar-refractivity contribution is -0.385. The van der Waals surface area contributed by atoms with E-state index in [0.29, 0.717) is 10.9 Å². The zero-order valence-corrected chi connectivity index (χ0v) is 12.8. The number of benzene rings is 1. The Morgan fingerprint density at radius 1 is 1.37 bits per heavy atom. The molecule has 6 nitrogen and oxygen atoms in total. The Labute approximate surface area is 120 Å². The molecule has 0 aliphatic carbocycles. The van der Waals surface area contributed by atoms with Gasteiger partial charge in [-0.1, -0.05) is 29.8 Å². The van der Waals surface area contributed by atoms with Gasteiger partial charge in [-0.05, 0) is 6.07 Å². The number of carbonyl (C=O) groups excluding carboxylic acids is 1. The van der Waals surface area contributed by atoms with Gasteiger partial charge in [-0.25, -0.2) is 4.79 Å². The maximum atomic E-state index is 11.4. The highest BCUT2D eigenvalue weighted by atomic mass is 79.9. The summed E-state index contributed by atoms with van der Waals surface area (Å²) >= 11 is 3.14. The minimum absolute atomic E-state index is 0.0337. The van der Waals surface area contributed by atoms with E-state index in [1.54, 1.807) is 0 Å². The fourth-order valence-corrected chi connectivity index (χ4v) is 1.77. The fraction of sp³-hybridized carbons (Fsp3) is 0.417. The summed E-state index contributed by atoms with van der Waals surface area (Å²) in [6, 6.07) is 2.60. The molecule has 1 rings (SSSR count). The van der Waals surface area contributed by atoms with Gasteiger partial charge in [0, 0.05) is 17.0 Å². The van der Waals surface area contributed by atoms with Crippen molar-refractivity contribution < 1.29 is 19.2 Å². The van der Waals surface area contributed by atoms with E-state index in [1.807, 2.05) is 13.8 Å². The quantitative estimate of drug-likeness (QED) is 0.365. The Bertz CT molecular complexity index is 462. The van der Waals surface area contributed by atoms with Crippen LogP contribution in [0.4, 0.5) is 5.69 Å². The predicted molar refractivity (Wildman–Crippen MR) is 75.0 cm³/mol. The van der Waals surface area contributed by atoms with Crippen molar-refractivity contribution in [3.05, 3.63) is 33.4 Å². The zero-order chi connectivity index (χ0) is 15.0. The molecule has 0 unspecified atom stereocenters. The van der Waals surface area contributed by atoms with Gasteiger partial charge >= 0.3 is 5.97 Å². The Hall–Kier alpha value is -1.63. The first-order valence-electron chi connectivity index (χ1n) is 5.54. The van der Waals surface area contributed by atoms with Crippen LogP contribution in [-0.2, 0) is 10.1 Å². The van der Waals surface area contributed by atoms with Gasteiger partial charge in [0.15, 0.2) is 0 Å². The number of hydrogen-bond acceptors (Lipinski definition) is 5. The third-order valence-electron chi connectivity index (χ3n) is 2.15. The van der Waals surface area contributed by atoms with Crippen molar-refractivity contribution in [2.24, 2.45) is 0 Å². The van der Waals surface area contributed by atoms with Crippen molar-refractivity contribution in [1.29, 1.82) is 0 Å². The highest BCUT2D eigenvalue weighted by Crippen LogP contribution is 2.30. The largest absolute Gasteiger partial charge is 0.496 e. The van der Waals surface area contributed by atoms with Crippen LogP contribution in [-0.4, -0.2) is 25.1 Å². The zero-order valence-electron chi connectivity index (χ0n) is 11.2. The first-order valence-corrected chi connectivity index (χ1v) is 6.66. The van der Waals surface area contributed by atoms with Gasteiger partial charge in [0.1, 0.15) is 11.3 Å². The fourth-order valence-electron chi connectivity index (χ4n) is 1.33. The minimum atomic E-state index is -0.675. The maximum Gasteiger partial charge on any atom is 0.341 e. The number of alkyl halides is 1. The molecule has 0 aliphatic rings.